The molecule has 0 saturated heterocycles. The monoisotopic (exact) mass is 452 g/mol. The van der Waals surface area contributed by atoms with Crippen molar-refractivity contribution in [3.05, 3.63) is 70.1 Å². The van der Waals surface area contributed by atoms with Crippen molar-refractivity contribution in [3.8, 4) is 21.9 Å². The Hall–Kier alpha value is -2.12. The summed E-state index contributed by atoms with van der Waals surface area (Å²) < 4.78 is 44.5. The van der Waals surface area contributed by atoms with E-state index in [1.807, 2.05) is 17.8 Å². The van der Waals surface area contributed by atoms with Crippen LogP contribution in [-0.4, -0.2) is 10.4 Å². The summed E-state index contributed by atoms with van der Waals surface area (Å²) in [5.41, 5.74) is 1.98. The average Bonchev–Trinajstić information content (AvgIpc) is 3.10. The van der Waals surface area contributed by atoms with E-state index in [4.69, 9.17) is 4.74 Å². The molecule has 0 fully saturated rings. The zero-order valence-corrected chi connectivity index (χ0v) is 18.5. The van der Waals surface area contributed by atoms with Crippen molar-refractivity contribution >= 4 is 23.1 Å². The Morgan fingerprint density at radius 1 is 1.07 bits per heavy atom. The minimum Gasteiger partial charge on any atom is -0.508 e. The molecule has 0 aliphatic heterocycles. The molecule has 0 atom stereocenters. The molecule has 0 aliphatic carbocycles. The molecule has 0 saturated carbocycles. The third-order valence-electron chi connectivity index (χ3n) is 4.50. The summed E-state index contributed by atoms with van der Waals surface area (Å²) in [6.07, 6.45) is -4.34. The Kier molecular flexibility index (Phi) is 7.03. The first-order valence-electron chi connectivity index (χ1n) is 9.46. The van der Waals surface area contributed by atoms with Gasteiger partial charge in [0, 0.05) is 15.5 Å². The molecule has 2 nitrogen and oxygen atoms in total. The number of alkyl halides is 3. The quantitative estimate of drug-likeness (QED) is 0.399. The first-order chi connectivity index (χ1) is 14.1. The number of rotatable bonds is 7. The van der Waals surface area contributed by atoms with Crippen LogP contribution in [0, 0.1) is 6.92 Å². The van der Waals surface area contributed by atoms with E-state index >= 15 is 0 Å². The second kappa shape index (κ2) is 9.35. The van der Waals surface area contributed by atoms with Gasteiger partial charge in [0.2, 0.25) is 0 Å². The molecule has 3 rings (SSSR count). The molecule has 3 aromatic rings. The first kappa shape index (κ1) is 22.6. The van der Waals surface area contributed by atoms with Crippen LogP contribution < -0.4 is 4.74 Å². The normalized spacial score (nSPS) is 11.8. The van der Waals surface area contributed by atoms with Crippen LogP contribution in [0.1, 0.15) is 35.4 Å². The Labute approximate surface area is 182 Å². The molecule has 0 radical (unpaired) electrons. The van der Waals surface area contributed by atoms with Gasteiger partial charge < -0.3 is 9.84 Å². The van der Waals surface area contributed by atoms with E-state index in [1.165, 1.54) is 23.5 Å². The smallest absolute Gasteiger partial charge is 0.416 e. The molecule has 160 valence electrons. The second-order valence-electron chi connectivity index (χ2n) is 7.23. The van der Waals surface area contributed by atoms with Crippen molar-refractivity contribution in [2.24, 2.45) is 0 Å². The van der Waals surface area contributed by atoms with E-state index in [2.05, 4.69) is 13.8 Å². The summed E-state index contributed by atoms with van der Waals surface area (Å²) in [5.74, 6) is 1.69. The summed E-state index contributed by atoms with van der Waals surface area (Å²) in [7, 11) is 0. The van der Waals surface area contributed by atoms with Crippen LogP contribution in [0.3, 0.4) is 0 Å². The van der Waals surface area contributed by atoms with Gasteiger partial charge in [-0.25, -0.2) is 0 Å². The lowest BCUT2D eigenvalue weighted by Crippen LogP contribution is -2.03. The van der Waals surface area contributed by atoms with Crippen LogP contribution in [-0.2, 0) is 18.5 Å². The summed E-state index contributed by atoms with van der Waals surface area (Å²) >= 11 is 3.34. The molecule has 2 aromatic carbocycles. The van der Waals surface area contributed by atoms with Gasteiger partial charge in [0.1, 0.15) is 18.1 Å². The number of benzene rings is 2. The molecule has 1 N–H and O–H groups in total. The summed E-state index contributed by atoms with van der Waals surface area (Å²) in [6, 6.07) is 12.4. The first-order valence-corrected chi connectivity index (χ1v) is 11.3. The van der Waals surface area contributed by atoms with Gasteiger partial charge in [-0.2, -0.15) is 24.9 Å². The zero-order chi connectivity index (χ0) is 21.9. The van der Waals surface area contributed by atoms with E-state index in [9.17, 15) is 18.3 Å². The van der Waals surface area contributed by atoms with Crippen molar-refractivity contribution in [2.75, 3.05) is 0 Å². The summed E-state index contributed by atoms with van der Waals surface area (Å²) in [6.45, 7) is 6.43. The minimum atomic E-state index is -4.34. The fraction of sp³-hybridized carbons (Fsp3) is 0.304. The lowest BCUT2D eigenvalue weighted by molar-refractivity contribution is -0.137. The maximum absolute atomic E-state index is 12.8. The lowest BCUT2D eigenvalue weighted by atomic mass is 10.1. The number of phenolic OH excluding ortho intramolecular Hbond substituents is 1. The number of hydrogen-bond acceptors (Lipinski definition) is 4. The Morgan fingerprint density at radius 2 is 1.77 bits per heavy atom. The molecule has 0 amide bonds. The van der Waals surface area contributed by atoms with Crippen LogP contribution in [0.15, 0.2) is 48.5 Å². The van der Waals surface area contributed by atoms with Crippen molar-refractivity contribution in [1.29, 1.82) is 0 Å². The minimum absolute atomic E-state index is 0.220. The van der Waals surface area contributed by atoms with E-state index in [-0.39, 0.29) is 5.75 Å². The van der Waals surface area contributed by atoms with E-state index in [1.54, 1.807) is 25.1 Å². The number of ether oxygens (including phenoxy) is 1. The third-order valence-corrected chi connectivity index (χ3v) is 6.85. The molecule has 0 spiro atoms. The highest BCUT2D eigenvalue weighted by atomic mass is 32.2. The van der Waals surface area contributed by atoms with Crippen molar-refractivity contribution in [2.45, 2.75) is 44.6 Å². The SMILES string of the molecule is Cc1cc(OCc2sc(-c3ccc(C(F)(F)F)cc3)cc2CSC(C)C)ccc1O. The Morgan fingerprint density at radius 3 is 2.37 bits per heavy atom. The van der Waals surface area contributed by atoms with Gasteiger partial charge in [0.05, 0.1) is 5.56 Å². The van der Waals surface area contributed by atoms with Gasteiger partial charge in [-0.05, 0) is 65.3 Å². The van der Waals surface area contributed by atoms with Crippen molar-refractivity contribution < 1.29 is 23.0 Å². The number of aryl methyl sites for hydroxylation is 1. The van der Waals surface area contributed by atoms with Crippen LogP contribution in [0.4, 0.5) is 13.2 Å². The van der Waals surface area contributed by atoms with Gasteiger partial charge in [-0.1, -0.05) is 26.0 Å². The van der Waals surface area contributed by atoms with Crippen molar-refractivity contribution in [3.63, 3.8) is 0 Å². The van der Waals surface area contributed by atoms with E-state index in [0.717, 1.165) is 44.3 Å². The predicted molar refractivity (Wildman–Crippen MR) is 118 cm³/mol. The lowest BCUT2D eigenvalue weighted by Gasteiger charge is -2.09. The third kappa shape index (κ3) is 5.73. The molecular weight excluding hydrogens is 429 g/mol. The highest BCUT2D eigenvalue weighted by molar-refractivity contribution is 7.99. The van der Waals surface area contributed by atoms with E-state index in [0.29, 0.717) is 17.6 Å². The maximum Gasteiger partial charge on any atom is 0.416 e. The van der Waals surface area contributed by atoms with Gasteiger partial charge in [-0.3, -0.25) is 0 Å². The van der Waals surface area contributed by atoms with Crippen LogP contribution in [0.25, 0.3) is 10.4 Å². The van der Waals surface area contributed by atoms with Crippen LogP contribution in [0.5, 0.6) is 11.5 Å². The molecule has 1 aromatic heterocycles. The van der Waals surface area contributed by atoms with Crippen molar-refractivity contribution in [1.82, 2.24) is 0 Å². The number of thioether (sulfide) groups is 1. The maximum atomic E-state index is 12.8. The highest BCUT2D eigenvalue weighted by Gasteiger charge is 2.30. The van der Waals surface area contributed by atoms with Crippen LogP contribution in [0.2, 0.25) is 0 Å². The molecule has 0 bridgehead atoms. The number of aromatic hydroxyl groups is 1. The number of phenols is 1. The van der Waals surface area contributed by atoms with Gasteiger partial charge in [-0.15, -0.1) is 11.3 Å². The zero-order valence-electron chi connectivity index (χ0n) is 16.9. The topological polar surface area (TPSA) is 29.5 Å². The number of hydrogen-bond donors (Lipinski definition) is 1. The molecule has 1 heterocycles. The second-order valence-corrected chi connectivity index (χ2v) is 9.93. The summed E-state index contributed by atoms with van der Waals surface area (Å²) in [5, 5.41) is 10.1. The molecular formula is C23H23F3O2S2. The van der Waals surface area contributed by atoms with Gasteiger partial charge in [0.25, 0.3) is 0 Å². The Balaban J connectivity index is 1.83. The standard InChI is InChI=1S/C23H23F3O2S2/c1-14(2)29-13-17-11-21(16-4-6-18(7-5-16)23(24,25)26)30-22(17)12-28-19-8-9-20(27)15(3)10-19/h4-11,14,27H,12-13H2,1-3H3. The molecule has 0 unspecified atom stereocenters. The fourth-order valence-corrected chi connectivity index (χ4v) is 4.76. The Bertz CT molecular complexity index is 993. The fourth-order valence-electron chi connectivity index (χ4n) is 2.80. The van der Waals surface area contributed by atoms with Crippen LogP contribution >= 0.6 is 23.1 Å². The number of halogens is 3. The molecule has 0 aliphatic rings. The number of thiophene rings is 1. The largest absolute Gasteiger partial charge is 0.508 e. The molecule has 7 heteroatoms. The van der Waals surface area contributed by atoms with E-state index < -0.39 is 11.7 Å². The predicted octanol–water partition coefficient (Wildman–Crippen LogP) is 7.67. The summed E-state index contributed by atoms with van der Waals surface area (Å²) in [4.78, 5) is 1.97. The molecule has 30 heavy (non-hydrogen) atoms. The average molecular weight is 453 g/mol. The van der Waals surface area contributed by atoms with Gasteiger partial charge >= 0.3 is 6.18 Å². The highest BCUT2D eigenvalue weighted by Crippen LogP contribution is 2.37. The van der Waals surface area contributed by atoms with Gasteiger partial charge in [0.15, 0.2) is 0 Å².